The molecule has 0 heterocycles. The largest absolute Gasteiger partial charge is 0.495 e. The fourth-order valence-electron chi connectivity index (χ4n) is 2.71. The summed E-state index contributed by atoms with van der Waals surface area (Å²) in [5.74, 6) is 0.195. The van der Waals surface area contributed by atoms with Crippen molar-refractivity contribution in [2.24, 2.45) is 0 Å². The lowest BCUT2D eigenvalue weighted by atomic mass is 10.1. The zero-order valence-electron chi connectivity index (χ0n) is 16.2. The van der Waals surface area contributed by atoms with Gasteiger partial charge in [0.05, 0.1) is 19.1 Å². The van der Waals surface area contributed by atoms with Gasteiger partial charge in [0.2, 0.25) is 15.9 Å². The highest BCUT2D eigenvalue weighted by Gasteiger charge is 2.22. The van der Waals surface area contributed by atoms with Crippen LogP contribution in [0.25, 0.3) is 0 Å². The van der Waals surface area contributed by atoms with Crippen LogP contribution in [0.2, 0.25) is 0 Å². The van der Waals surface area contributed by atoms with Crippen LogP contribution in [0.3, 0.4) is 0 Å². The Morgan fingerprint density at radius 2 is 1.81 bits per heavy atom. The number of aryl methyl sites for hydroxylation is 2. The molecule has 0 bridgehead atoms. The maximum atomic E-state index is 12.3. The van der Waals surface area contributed by atoms with Gasteiger partial charge in [-0.05, 0) is 48.7 Å². The molecule has 27 heavy (non-hydrogen) atoms. The number of carbonyl (C=O) groups is 1. The van der Waals surface area contributed by atoms with E-state index in [4.69, 9.17) is 4.74 Å². The molecule has 0 unspecified atom stereocenters. The lowest BCUT2D eigenvalue weighted by Crippen LogP contribution is -2.33. The first-order valence-electron chi connectivity index (χ1n) is 8.75. The Labute approximate surface area is 161 Å². The highest BCUT2D eigenvalue weighted by atomic mass is 32.2. The van der Waals surface area contributed by atoms with Gasteiger partial charge in [-0.3, -0.25) is 9.10 Å². The Bertz CT molecular complexity index is 893. The molecule has 146 valence electrons. The third kappa shape index (κ3) is 5.72. The van der Waals surface area contributed by atoms with E-state index in [1.165, 1.54) is 17.0 Å². The second-order valence-electron chi connectivity index (χ2n) is 6.36. The van der Waals surface area contributed by atoms with E-state index >= 15 is 0 Å². The number of hydrogen-bond donors (Lipinski definition) is 1. The Morgan fingerprint density at radius 3 is 2.37 bits per heavy atom. The molecule has 1 amide bonds. The fourth-order valence-corrected chi connectivity index (χ4v) is 3.63. The summed E-state index contributed by atoms with van der Waals surface area (Å²) in [5, 5.41) is 2.80. The lowest BCUT2D eigenvalue weighted by Gasteiger charge is -2.24. The standard InChI is InChI=1S/C20H26N2O4S/c1-5-16-7-9-17(10-8-16)21-20(23)12-13-22(27(4,24)25)18-14-15(2)6-11-19(18)26-3/h6-11,14H,5,12-13H2,1-4H3,(H,21,23). The number of anilines is 2. The van der Waals surface area contributed by atoms with E-state index in [0.29, 0.717) is 17.1 Å². The predicted octanol–water partition coefficient (Wildman–Crippen LogP) is 3.36. The van der Waals surface area contributed by atoms with E-state index in [1.54, 1.807) is 12.1 Å². The minimum absolute atomic E-state index is 0.0253. The number of hydrogen-bond acceptors (Lipinski definition) is 4. The van der Waals surface area contributed by atoms with Crippen molar-refractivity contribution in [3.05, 3.63) is 53.6 Å². The summed E-state index contributed by atoms with van der Waals surface area (Å²) in [5.41, 5.74) is 3.21. The van der Waals surface area contributed by atoms with E-state index in [-0.39, 0.29) is 18.9 Å². The quantitative estimate of drug-likeness (QED) is 0.750. The number of nitrogens with one attached hydrogen (secondary N) is 1. The molecule has 0 atom stereocenters. The van der Waals surface area contributed by atoms with Crippen LogP contribution in [0.15, 0.2) is 42.5 Å². The second kappa shape index (κ2) is 8.90. The predicted molar refractivity (Wildman–Crippen MR) is 109 cm³/mol. The lowest BCUT2D eigenvalue weighted by molar-refractivity contribution is -0.116. The molecule has 6 nitrogen and oxygen atoms in total. The average molecular weight is 391 g/mol. The molecule has 1 N–H and O–H groups in total. The Morgan fingerprint density at radius 1 is 1.15 bits per heavy atom. The molecule has 7 heteroatoms. The smallest absolute Gasteiger partial charge is 0.232 e. The average Bonchev–Trinajstić information content (AvgIpc) is 2.61. The Balaban J connectivity index is 2.13. The molecule has 0 saturated heterocycles. The number of benzene rings is 2. The first-order chi connectivity index (χ1) is 12.7. The maximum Gasteiger partial charge on any atom is 0.232 e. The van der Waals surface area contributed by atoms with Crippen molar-refractivity contribution < 1.29 is 17.9 Å². The molecule has 2 rings (SSSR count). The second-order valence-corrected chi connectivity index (χ2v) is 8.27. The van der Waals surface area contributed by atoms with Crippen molar-refractivity contribution >= 4 is 27.3 Å². The van der Waals surface area contributed by atoms with Gasteiger partial charge >= 0.3 is 0 Å². The summed E-state index contributed by atoms with van der Waals surface area (Å²) in [6.45, 7) is 3.96. The third-order valence-corrected chi connectivity index (χ3v) is 5.37. The van der Waals surface area contributed by atoms with E-state index < -0.39 is 10.0 Å². The number of methoxy groups -OCH3 is 1. The van der Waals surface area contributed by atoms with Gasteiger partial charge in [-0.25, -0.2) is 8.42 Å². The molecule has 0 aliphatic rings. The van der Waals surface area contributed by atoms with Crippen LogP contribution >= 0.6 is 0 Å². The number of nitrogens with zero attached hydrogens (tertiary/aromatic N) is 1. The van der Waals surface area contributed by atoms with Gasteiger partial charge in [0.1, 0.15) is 5.75 Å². The van der Waals surface area contributed by atoms with Crippen LogP contribution in [0.5, 0.6) is 5.75 Å². The van der Waals surface area contributed by atoms with Crippen molar-refractivity contribution in [3.63, 3.8) is 0 Å². The summed E-state index contributed by atoms with van der Waals surface area (Å²) < 4.78 is 31.1. The van der Waals surface area contributed by atoms with Crippen LogP contribution in [0.4, 0.5) is 11.4 Å². The first-order valence-corrected chi connectivity index (χ1v) is 10.6. The van der Waals surface area contributed by atoms with Gasteiger partial charge in [-0.2, -0.15) is 0 Å². The van der Waals surface area contributed by atoms with E-state index in [1.807, 2.05) is 37.3 Å². The first kappa shape index (κ1) is 20.8. The molecule has 0 aliphatic carbocycles. The number of amides is 1. The summed E-state index contributed by atoms with van der Waals surface area (Å²) in [7, 11) is -2.08. The van der Waals surface area contributed by atoms with Gasteiger partial charge in [-0.1, -0.05) is 25.1 Å². The van der Waals surface area contributed by atoms with Crippen molar-refractivity contribution in [3.8, 4) is 5.75 Å². The summed E-state index contributed by atoms with van der Waals surface area (Å²) >= 11 is 0. The Kier molecular flexibility index (Phi) is 6.85. The number of ether oxygens (including phenoxy) is 1. The van der Waals surface area contributed by atoms with Crippen molar-refractivity contribution in [2.45, 2.75) is 26.7 Å². The molecule has 0 spiro atoms. The molecular formula is C20H26N2O4S. The topological polar surface area (TPSA) is 75.7 Å². The van der Waals surface area contributed by atoms with Crippen molar-refractivity contribution in [1.29, 1.82) is 0 Å². The highest BCUT2D eigenvalue weighted by Crippen LogP contribution is 2.31. The molecular weight excluding hydrogens is 364 g/mol. The summed E-state index contributed by atoms with van der Waals surface area (Å²) in [4.78, 5) is 12.3. The molecule has 0 saturated carbocycles. The van der Waals surface area contributed by atoms with Crippen molar-refractivity contribution in [1.82, 2.24) is 0 Å². The van der Waals surface area contributed by atoms with Crippen LogP contribution < -0.4 is 14.4 Å². The number of rotatable bonds is 8. The molecule has 0 fully saturated rings. The van der Waals surface area contributed by atoms with E-state index in [2.05, 4.69) is 12.2 Å². The molecule has 0 aromatic heterocycles. The molecule has 0 aliphatic heterocycles. The molecule has 2 aromatic carbocycles. The SMILES string of the molecule is CCc1ccc(NC(=O)CCN(c2cc(C)ccc2OC)S(C)(=O)=O)cc1. The minimum Gasteiger partial charge on any atom is -0.495 e. The summed E-state index contributed by atoms with van der Waals surface area (Å²) in [6, 6.07) is 12.9. The number of sulfonamides is 1. The van der Waals surface area contributed by atoms with E-state index in [9.17, 15) is 13.2 Å². The molecule has 2 aromatic rings. The minimum atomic E-state index is -3.57. The number of carbonyl (C=O) groups excluding carboxylic acids is 1. The highest BCUT2D eigenvalue weighted by molar-refractivity contribution is 7.92. The normalized spacial score (nSPS) is 11.1. The Hall–Kier alpha value is -2.54. The zero-order valence-corrected chi connectivity index (χ0v) is 17.0. The molecule has 0 radical (unpaired) electrons. The van der Waals surface area contributed by atoms with Crippen LogP contribution in [-0.2, 0) is 21.2 Å². The van der Waals surface area contributed by atoms with E-state index in [0.717, 1.165) is 18.2 Å². The van der Waals surface area contributed by atoms with Gasteiger partial charge in [0, 0.05) is 18.7 Å². The monoisotopic (exact) mass is 390 g/mol. The third-order valence-electron chi connectivity index (χ3n) is 4.19. The maximum absolute atomic E-state index is 12.3. The van der Waals surface area contributed by atoms with Gasteiger partial charge in [0.25, 0.3) is 0 Å². The van der Waals surface area contributed by atoms with Crippen LogP contribution in [0, 0.1) is 6.92 Å². The van der Waals surface area contributed by atoms with Gasteiger partial charge < -0.3 is 10.1 Å². The van der Waals surface area contributed by atoms with Crippen LogP contribution in [-0.4, -0.2) is 34.2 Å². The fraction of sp³-hybridized carbons (Fsp3) is 0.350. The van der Waals surface area contributed by atoms with Gasteiger partial charge in [-0.15, -0.1) is 0 Å². The van der Waals surface area contributed by atoms with Crippen molar-refractivity contribution in [2.75, 3.05) is 29.5 Å². The van der Waals surface area contributed by atoms with Crippen LogP contribution in [0.1, 0.15) is 24.5 Å². The summed E-state index contributed by atoms with van der Waals surface area (Å²) in [6.07, 6.45) is 2.08. The van der Waals surface area contributed by atoms with Gasteiger partial charge in [0.15, 0.2) is 0 Å². The zero-order chi connectivity index (χ0) is 20.0.